The van der Waals surface area contributed by atoms with E-state index >= 15 is 0 Å². The molecule has 2 aromatic carbocycles. The van der Waals surface area contributed by atoms with E-state index in [0.29, 0.717) is 11.3 Å². The van der Waals surface area contributed by atoms with Crippen molar-refractivity contribution in [1.82, 2.24) is 5.43 Å². The number of phenolic OH excluding ortho intramolecular Hbond substituents is 1. The summed E-state index contributed by atoms with van der Waals surface area (Å²) in [5, 5.41) is 13.4. The lowest BCUT2D eigenvalue weighted by molar-refractivity contribution is -0.116. The topological polar surface area (TPSA) is 70.9 Å². The zero-order chi connectivity index (χ0) is 15.8. The van der Waals surface area contributed by atoms with E-state index in [2.05, 4.69) is 10.5 Å². The van der Waals surface area contributed by atoms with Gasteiger partial charge in [0.1, 0.15) is 0 Å². The predicted octanol–water partition coefficient (Wildman–Crippen LogP) is 2.56. The number of carbonyl (C=O) groups excluding carboxylic acids is 1. The van der Waals surface area contributed by atoms with Crippen LogP contribution >= 0.6 is 0 Å². The van der Waals surface area contributed by atoms with Gasteiger partial charge in [0.05, 0.1) is 13.3 Å². The number of hydrazone groups is 1. The van der Waals surface area contributed by atoms with Crippen molar-refractivity contribution in [3.05, 3.63) is 65.7 Å². The lowest BCUT2D eigenvalue weighted by Crippen LogP contribution is -2.14. The van der Waals surface area contributed by atoms with Crippen molar-refractivity contribution in [2.45, 2.75) is 0 Å². The largest absolute Gasteiger partial charge is 0.504 e. The molecule has 2 rings (SSSR count). The van der Waals surface area contributed by atoms with Gasteiger partial charge in [0, 0.05) is 6.08 Å². The Morgan fingerprint density at radius 3 is 2.64 bits per heavy atom. The van der Waals surface area contributed by atoms with E-state index in [1.165, 1.54) is 25.5 Å². The van der Waals surface area contributed by atoms with E-state index in [4.69, 9.17) is 4.74 Å². The van der Waals surface area contributed by atoms with Crippen LogP contribution in [0, 0.1) is 0 Å². The summed E-state index contributed by atoms with van der Waals surface area (Å²) < 4.78 is 4.94. The fourth-order valence-electron chi connectivity index (χ4n) is 1.73. The van der Waals surface area contributed by atoms with Gasteiger partial charge in [0.2, 0.25) is 0 Å². The van der Waals surface area contributed by atoms with Crippen molar-refractivity contribution in [3.8, 4) is 11.5 Å². The van der Waals surface area contributed by atoms with Gasteiger partial charge in [-0.3, -0.25) is 4.79 Å². The Morgan fingerprint density at radius 1 is 1.18 bits per heavy atom. The lowest BCUT2D eigenvalue weighted by Gasteiger charge is -2.02. The Morgan fingerprint density at radius 2 is 1.95 bits per heavy atom. The quantitative estimate of drug-likeness (QED) is 0.506. The SMILES string of the molecule is COc1ccc(/C=N/NC(=O)/C=C/c2ccccc2)cc1O. The number of hydrogen-bond donors (Lipinski definition) is 2. The third kappa shape index (κ3) is 4.49. The van der Waals surface area contributed by atoms with Crippen molar-refractivity contribution in [2.75, 3.05) is 7.11 Å². The van der Waals surface area contributed by atoms with Gasteiger partial charge in [-0.05, 0) is 35.4 Å². The highest BCUT2D eigenvalue weighted by Crippen LogP contribution is 2.25. The molecule has 2 aromatic rings. The maximum absolute atomic E-state index is 11.6. The second-order valence-corrected chi connectivity index (χ2v) is 4.41. The van der Waals surface area contributed by atoms with Gasteiger partial charge in [0.15, 0.2) is 11.5 Å². The molecular formula is C17H16N2O3. The molecule has 0 saturated carbocycles. The minimum Gasteiger partial charge on any atom is -0.504 e. The summed E-state index contributed by atoms with van der Waals surface area (Å²) in [6.07, 6.45) is 4.54. The molecule has 0 heterocycles. The molecule has 0 aromatic heterocycles. The van der Waals surface area contributed by atoms with Crippen LogP contribution in [0.5, 0.6) is 11.5 Å². The zero-order valence-electron chi connectivity index (χ0n) is 12.1. The van der Waals surface area contributed by atoms with Crippen LogP contribution in [0.3, 0.4) is 0 Å². The minimum atomic E-state index is -0.335. The maximum atomic E-state index is 11.6. The molecule has 0 bridgehead atoms. The molecule has 0 saturated heterocycles. The van der Waals surface area contributed by atoms with E-state index in [1.807, 2.05) is 30.3 Å². The van der Waals surface area contributed by atoms with Crippen LogP contribution in [-0.2, 0) is 4.79 Å². The summed E-state index contributed by atoms with van der Waals surface area (Å²) in [5.41, 5.74) is 3.96. The Labute approximate surface area is 128 Å². The van der Waals surface area contributed by atoms with E-state index < -0.39 is 0 Å². The standard InChI is InChI=1S/C17H16N2O3/c1-22-16-9-7-14(11-15(16)20)12-18-19-17(21)10-8-13-5-3-2-4-6-13/h2-12,20H,1H3,(H,19,21)/b10-8+,18-12+. The Balaban J connectivity index is 1.90. The molecule has 0 aliphatic carbocycles. The summed E-state index contributed by atoms with van der Waals surface area (Å²) in [5.74, 6) is 0.0616. The summed E-state index contributed by atoms with van der Waals surface area (Å²) in [4.78, 5) is 11.6. The summed E-state index contributed by atoms with van der Waals surface area (Å²) >= 11 is 0. The zero-order valence-corrected chi connectivity index (χ0v) is 12.1. The van der Waals surface area contributed by atoms with Crippen LogP contribution in [0.25, 0.3) is 6.08 Å². The molecule has 5 heteroatoms. The number of amides is 1. The number of ether oxygens (including phenoxy) is 1. The van der Waals surface area contributed by atoms with E-state index in [9.17, 15) is 9.90 Å². The van der Waals surface area contributed by atoms with Gasteiger partial charge in [-0.2, -0.15) is 5.10 Å². The highest BCUT2D eigenvalue weighted by molar-refractivity contribution is 5.92. The van der Waals surface area contributed by atoms with E-state index in [0.717, 1.165) is 5.56 Å². The minimum absolute atomic E-state index is 0.0155. The second-order valence-electron chi connectivity index (χ2n) is 4.41. The first-order valence-corrected chi connectivity index (χ1v) is 6.62. The molecule has 0 radical (unpaired) electrons. The molecule has 0 aliphatic heterocycles. The predicted molar refractivity (Wildman–Crippen MR) is 85.9 cm³/mol. The van der Waals surface area contributed by atoms with Gasteiger partial charge < -0.3 is 9.84 Å². The Hall–Kier alpha value is -3.08. The number of aromatic hydroxyl groups is 1. The van der Waals surface area contributed by atoms with E-state index in [1.54, 1.807) is 18.2 Å². The summed E-state index contributed by atoms with van der Waals surface area (Å²) in [6, 6.07) is 14.3. The number of rotatable bonds is 5. The average Bonchev–Trinajstić information content (AvgIpc) is 2.54. The highest BCUT2D eigenvalue weighted by atomic mass is 16.5. The Bertz CT molecular complexity index is 694. The van der Waals surface area contributed by atoms with Crippen molar-refractivity contribution >= 4 is 18.2 Å². The smallest absolute Gasteiger partial charge is 0.264 e. The van der Waals surface area contributed by atoms with Crippen LogP contribution in [0.2, 0.25) is 0 Å². The van der Waals surface area contributed by atoms with Crippen LogP contribution in [-0.4, -0.2) is 24.3 Å². The van der Waals surface area contributed by atoms with Gasteiger partial charge in [0.25, 0.3) is 5.91 Å². The number of benzene rings is 2. The normalized spacial score (nSPS) is 11.0. The van der Waals surface area contributed by atoms with Crippen LogP contribution in [0.1, 0.15) is 11.1 Å². The molecule has 2 N–H and O–H groups in total. The Kier molecular flexibility index (Phi) is 5.31. The first kappa shape index (κ1) is 15.3. The van der Waals surface area contributed by atoms with Gasteiger partial charge in [-0.15, -0.1) is 0 Å². The monoisotopic (exact) mass is 296 g/mol. The summed E-state index contributed by atoms with van der Waals surface area (Å²) in [6.45, 7) is 0. The van der Waals surface area contributed by atoms with Gasteiger partial charge >= 0.3 is 0 Å². The van der Waals surface area contributed by atoms with Crippen molar-refractivity contribution < 1.29 is 14.6 Å². The third-order valence-electron chi connectivity index (χ3n) is 2.82. The number of nitrogens with one attached hydrogen (secondary N) is 1. The number of methoxy groups -OCH3 is 1. The number of phenols is 1. The van der Waals surface area contributed by atoms with Gasteiger partial charge in [-0.1, -0.05) is 30.3 Å². The van der Waals surface area contributed by atoms with Crippen molar-refractivity contribution in [2.24, 2.45) is 5.10 Å². The molecular weight excluding hydrogens is 280 g/mol. The first-order chi connectivity index (χ1) is 10.7. The fourth-order valence-corrected chi connectivity index (χ4v) is 1.73. The lowest BCUT2D eigenvalue weighted by atomic mass is 10.2. The van der Waals surface area contributed by atoms with Crippen molar-refractivity contribution in [1.29, 1.82) is 0 Å². The molecule has 0 fully saturated rings. The number of hydrogen-bond acceptors (Lipinski definition) is 4. The van der Waals surface area contributed by atoms with Gasteiger partial charge in [-0.25, -0.2) is 5.43 Å². The molecule has 0 atom stereocenters. The molecule has 1 amide bonds. The maximum Gasteiger partial charge on any atom is 0.264 e. The molecule has 112 valence electrons. The van der Waals surface area contributed by atoms with E-state index in [-0.39, 0.29) is 11.7 Å². The third-order valence-corrected chi connectivity index (χ3v) is 2.82. The molecule has 0 aliphatic rings. The molecule has 0 unspecified atom stereocenters. The van der Waals surface area contributed by atoms with Crippen LogP contribution < -0.4 is 10.2 Å². The summed E-state index contributed by atoms with van der Waals surface area (Å²) in [7, 11) is 1.47. The number of carbonyl (C=O) groups is 1. The molecule has 0 spiro atoms. The fraction of sp³-hybridized carbons (Fsp3) is 0.0588. The molecule has 22 heavy (non-hydrogen) atoms. The van der Waals surface area contributed by atoms with Crippen LogP contribution in [0.15, 0.2) is 59.7 Å². The average molecular weight is 296 g/mol. The van der Waals surface area contributed by atoms with Crippen molar-refractivity contribution in [3.63, 3.8) is 0 Å². The highest BCUT2D eigenvalue weighted by Gasteiger charge is 2.00. The molecule has 5 nitrogen and oxygen atoms in total. The number of nitrogens with zero attached hydrogens (tertiary/aromatic N) is 1. The van der Waals surface area contributed by atoms with Crippen LogP contribution in [0.4, 0.5) is 0 Å². The second kappa shape index (κ2) is 7.64. The first-order valence-electron chi connectivity index (χ1n) is 6.62.